The number of hydrogen-bond donors (Lipinski definition) is 1. The average Bonchev–Trinajstić information content (AvgIpc) is 3.37. The van der Waals surface area contributed by atoms with E-state index >= 15 is 4.39 Å². The number of nitrogens with zero attached hydrogens (tertiary/aromatic N) is 8. The lowest BCUT2D eigenvalue weighted by atomic mass is 10.1. The summed E-state index contributed by atoms with van der Waals surface area (Å²) in [7, 11) is 2.16. The Morgan fingerprint density at radius 1 is 0.974 bits per heavy atom. The number of nitrogen functional groups attached to an aromatic ring is 1. The van der Waals surface area contributed by atoms with Gasteiger partial charge in [0.15, 0.2) is 0 Å². The number of anilines is 4. The fraction of sp³-hybridized carbons (Fsp3) is 0.481. The van der Waals surface area contributed by atoms with Gasteiger partial charge in [-0.3, -0.25) is 0 Å². The highest BCUT2D eigenvalue weighted by Gasteiger charge is 2.30. The van der Waals surface area contributed by atoms with E-state index in [2.05, 4.69) is 31.7 Å². The maximum absolute atomic E-state index is 15.6. The van der Waals surface area contributed by atoms with Crippen molar-refractivity contribution in [3.05, 3.63) is 47.5 Å². The molecule has 10 nitrogen and oxygen atoms in total. The number of morpholine rings is 1. The second-order valence-electron chi connectivity index (χ2n) is 10.2. The van der Waals surface area contributed by atoms with E-state index in [9.17, 15) is 0 Å². The van der Waals surface area contributed by atoms with E-state index < -0.39 is 0 Å². The van der Waals surface area contributed by atoms with Gasteiger partial charge >= 0.3 is 0 Å². The van der Waals surface area contributed by atoms with E-state index in [1.807, 2.05) is 17.0 Å². The lowest BCUT2D eigenvalue weighted by Crippen LogP contribution is -2.45. The topological polar surface area (TPSA) is 99.8 Å². The number of likely N-dealkylation sites (N-methyl/N-ethyl adjacent to an activating group) is 1. The fourth-order valence-corrected chi connectivity index (χ4v) is 5.37. The molecule has 2 N–H and O–H groups in total. The van der Waals surface area contributed by atoms with Crippen molar-refractivity contribution in [2.75, 3.05) is 88.2 Å². The summed E-state index contributed by atoms with van der Waals surface area (Å²) in [5.74, 6) is 1.33. The van der Waals surface area contributed by atoms with Gasteiger partial charge in [-0.15, -0.1) is 0 Å². The van der Waals surface area contributed by atoms with Crippen molar-refractivity contribution in [1.82, 2.24) is 29.7 Å². The van der Waals surface area contributed by atoms with E-state index in [1.165, 1.54) is 0 Å². The van der Waals surface area contributed by atoms with Crippen molar-refractivity contribution in [1.29, 1.82) is 0 Å². The number of piperazine rings is 1. The first-order valence-corrected chi connectivity index (χ1v) is 13.3. The van der Waals surface area contributed by atoms with Crippen LogP contribution >= 0.6 is 0 Å². The summed E-state index contributed by atoms with van der Waals surface area (Å²) in [5.41, 5.74) is 9.79. The third-order valence-corrected chi connectivity index (χ3v) is 7.67. The minimum absolute atomic E-state index is 0.212. The molecule has 0 unspecified atom stereocenters. The molecular formula is C27H34FN9O. The normalized spacial score (nSPS) is 18.7. The Kier molecular flexibility index (Phi) is 7.05. The summed E-state index contributed by atoms with van der Waals surface area (Å²) in [6, 6.07) is 5.62. The SMILES string of the molecule is CN1CCN(CCc2ccc(N3CCc4c(-c5cnc(N)nc5)nc(N5CCOCC5)nc43)c(F)c2)CC1. The summed E-state index contributed by atoms with van der Waals surface area (Å²) < 4.78 is 21.1. The monoisotopic (exact) mass is 519 g/mol. The molecule has 2 fully saturated rings. The molecule has 0 spiro atoms. The van der Waals surface area contributed by atoms with Crippen molar-refractivity contribution >= 4 is 23.4 Å². The lowest BCUT2D eigenvalue weighted by molar-refractivity contribution is 0.122. The van der Waals surface area contributed by atoms with Crippen LogP contribution in [0.15, 0.2) is 30.6 Å². The number of hydrogen-bond acceptors (Lipinski definition) is 10. The minimum atomic E-state index is -0.224. The van der Waals surface area contributed by atoms with Gasteiger partial charge in [-0.25, -0.2) is 19.3 Å². The second-order valence-corrected chi connectivity index (χ2v) is 10.2. The Balaban J connectivity index is 1.29. The van der Waals surface area contributed by atoms with Crippen LogP contribution in [0.2, 0.25) is 0 Å². The maximum Gasteiger partial charge on any atom is 0.228 e. The summed E-state index contributed by atoms with van der Waals surface area (Å²) in [6.07, 6.45) is 4.91. The smallest absolute Gasteiger partial charge is 0.228 e. The summed E-state index contributed by atoms with van der Waals surface area (Å²) in [4.78, 5) is 27.1. The first-order chi connectivity index (χ1) is 18.5. The van der Waals surface area contributed by atoms with Gasteiger partial charge in [-0.1, -0.05) is 6.07 Å². The Hall–Kier alpha value is -3.41. The maximum atomic E-state index is 15.6. The molecule has 3 aromatic rings. The van der Waals surface area contributed by atoms with Crippen LogP contribution in [0.1, 0.15) is 11.1 Å². The van der Waals surface area contributed by atoms with E-state index in [4.69, 9.17) is 20.4 Å². The Morgan fingerprint density at radius 3 is 2.47 bits per heavy atom. The highest BCUT2D eigenvalue weighted by molar-refractivity contribution is 5.77. The molecule has 2 aromatic heterocycles. The van der Waals surface area contributed by atoms with E-state index in [1.54, 1.807) is 18.5 Å². The predicted octanol–water partition coefficient (Wildman–Crippen LogP) is 1.98. The number of ether oxygens (including phenoxy) is 1. The molecule has 1 aromatic carbocycles. The Morgan fingerprint density at radius 2 is 1.74 bits per heavy atom. The van der Waals surface area contributed by atoms with Crippen LogP contribution in [0.5, 0.6) is 0 Å². The van der Waals surface area contributed by atoms with Crippen LogP contribution in [0, 0.1) is 5.82 Å². The van der Waals surface area contributed by atoms with Gasteiger partial charge in [0.1, 0.15) is 11.6 Å². The summed E-state index contributed by atoms with van der Waals surface area (Å²) in [6.45, 7) is 8.51. The fourth-order valence-electron chi connectivity index (χ4n) is 5.37. The molecule has 2 saturated heterocycles. The Bertz CT molecular complexity index is 1270. The number of rotatable bonds is 6. The third kappa shape index (κ3) is 5.13. The molecule has 200 valence electrons. The number of fused-ring (bicyclic) bond motifs is 1. The zero-order valence-corrected chi connectivity index (χ0v) is 21.8. The van der Waals surface area contributed by atoms with Gasteiger partial charge in [0.05, 0.1) is 24.6 Å². The minimum Gasteiger partial charge on any atom is -0.378 e. The van der Waals surface area contributed by atoms with E-state index in [0.717, 1.165) is 67.3 Å². The van der Waals surface area contributed by atoms with Crippen molar-refractivity contribution in [2.24, 2.45) is 0 Å². The van der Waals surface area contributed by atoms with Gasteiger partial charge in [0, 0.05) is 75.9 Å². The first kappa shape index (κ1) is 24.9. The van der Waals surface area contributed by atoms with Crippen LogP contribution in [0.4, 0.5) is 27.8 Å². The van der Waals surface area contributed by atoms with E-state index in [-0.39, 0.29) is 11.8 Å². The zero-order valence-electron chi connectivity index (χ0n) is 21.8. The molecule has 6 rings (SSSR count). The van der Waals surface area contributed by atoms with Gasteiger partial charge in [0.2, 0.25) is 11.9 Å². The van der Waals surface area contributed by atoms with Crippen LogP contribution in [-0.4, -0.2) is 102 Å². The van der Waals surface area contributed by atoms with Crippen LogP contribution < -0.4 is 15.5 Å². The van der Waals surface area contributed by atoms with Crippen molar-refractivity contribution in [2.45, 2.75) is 12.8 Å². The van der Waals surface area contributed by atoms with Crippen LogP contribution in [-0.2, 0) is 17.6 Å². The largest absolute Gasteiger partial charge is 0.378 e. The Labute approximate surface area is 222 Å². The molecule has 0 radical (unpaired) electrons. The number of benzene rings is 1. The van der Waals surface area contributed by atoms with E-state index in [0.29, 0.717) is 50.9 Å². The van der Waals surface area contributed by atoms with Crippen molar-refractivity contribution in [3.63, 3.8) is 0 Å². The average molecular weight is 520 g/mol. The molecular weight excluding hydrogens is 485 g/mol. The highest BCUT2D eigenvalue weighted by Crippen LogP contribution is 2.40. The third-order valence-electron chi connectivity index (χ3n) is 7.67. The highest BCUT2D eigenvalue weighted by atomic mass is 19.1. The quantitative estimate of drug-likeness (QED) is 0.520. The van der Waals surface area contributed by atoms with Gasteiger partial charge < -0.3 is 30.1 Å². The summed E-state index contributed by atoms with van der Waals surface area (Å²) in [5, 5.41) is 0. The molecule has 0 amide bonds. The molecule has 3 aliphatic rings. The number of nitrogens with two attached hydrogens (primary N) is 1. The molecule has 0 bridgehead atoms. The van der Waals surface area contributed by atoms with Crippen molar-refractivity contribution < 1.29 is 9.13 Å². The van der Waals surface area contributed by atoms with Crippen LogP contribution in [0.25, 0.3) is 11.3 Å². The predicted molar refractivity (Wildman–Crippen MR) is 145 cm³/mol. The van der Waals surface area contributed by atoms with Crippen LogP contribution in [0.3, 0.4) is 0 Å². The molecule has 38 heavy (non-hydrogen) atoms. The molecule has 3 aliphatic heterocycles. The molecule has 0 aliphatic carbocycles. The van der Waals surface area contributed by atoms with Crippen molar-refractivity contribution in [3.8, 4) is 11.3 Å². The molecule has 0 atom stereocenters. The zero-order chi connectivity index (χ0) is 26.1. The van der Waals surface area contributed by atoms with Gasteiger partial charge in [0.25, 0.3) is 0 Å². The number of halogens is 1. The number of aromatic nitrogens is 4. The second kappa shape index (κ2) is 10.8. The molecule has 5 heterocycles. The van der Waals surface area contributed by atoms with Gasteiger partial charge in [-0.2, -0.15) is 4.98 Å². The first-order valence-electron chi connectivity index (χ1n) is 13.3. The molecule has 0 saturated carbocycles. The standard InChI is InChI=1S/C27H34FN9O/c1-34-8-10-35(11-9-34)6-4-19-2-3-23(22(28)16-19)37-7-5-21-24(20-17-30-26(29)31-18-20)32-27(33-25(21)37)36-12-14-38-15-13-36/h2-3,16-18H,4-15H2,1H3,(H2,29,30,31). The summed E-state index contributed by atoms with van der Waals surface area (Å²) >= 11 is 0. The van der Waals surface area contributed by atoms with Gasteiger partial charge in [-0.05, 0) is 37.6 Å². The molecule has 11 heteroatoms. The lowest BCUT2D eigenvalue weighted by Gasteiger charge is -2.32.